The Bertz CT molecular complexity index is 2530. The van der Waals surface area contributed by atoms with Gasteiger partial charge in [0, 0.05) is 73.0 Å². The van der Waals surface area contributed by atoms with E-state index in [-0.39, 0.29) is 24.0 Å². The third-order valence-electron chi connectivity index (χ3n) is 15.3. The van der Waals surface area contributed by atoms with E-state index in [2.05, 4.69) is 55.4 Å². The van der Waals surface area contributed by atoms with E-state index in [1.54, 1.807) is 14.2 Å². The van der Waals surface area contributed by atoms with E-state index in [9.17, 15) is 9.59 Å². The fourth-order valence-electron chi connectivity index (χ4n) is 11.6. The first kappa shape index (κ1) is 46.5. The van der Waals surface area contributed by atoms with E-state index in [4.69, 9.17) is 18.9 Å². The lowest BCUT2D eigenvalue weighted by Gasteiger charge is -2.51. The summed E-state index contributed by atoms with van der Waals surface area (Å²) in [5.74, 6) is 3.19. The minimum atomic E-state index is -0.409. The predicted octanol–water partition coefficient (Wildman–Crippen LogP) is 9.42. The lowest BCUT2D eigenvalue weighted by molar-refractivity contribution is -0.158. The lowest BCUT2D eigenvalue weighted by atomic mass is 9.73. The molecule has 6 fully saturated rings. The minimum absolute atomic E-state index is 0.0924. The topological polar surface area (TPSA) is 134 Å². The third kappa shape index (κ3) is 10.6. The van der Waals surface area contributed by atoms with Crippen molar-refractivity contribution < 1.29 is 28.5 Å². The van der Waals surface area contributed by atoms with Crippen molar-refractivity contribution in [2.24, 2.45) is 23.7 Å². The number of piperidine rings is 6. The number of unbranched alkanes of at least 4 members (excludes halogenated alkanes) is 4. The van der Waals surface area contributed by atoms with Crippen LogP contribution in [0.2, 0.25) is 0 Å². The van der Waals surface area contributed by atoms with E-state index in [1.807, 2.05) is 71.8 Å². The van der Waals surface area contributed by atoms with Crippen LogP contribution in [0, 0.1) is 23.7 Å². The van der Waals surface area contributed by atoms with Crippen molar-refractivity contribution in [3.8, 4) is 11.5 Å². The molecule has 354 valence electrons. The molecule has 4 bridgehead atoms. The van der Waals surface area contributed by atoms with Crippen LogP contribution < -0.4 is 9.47 Å². The fraction of sp³-hybridized carbons (Fsp3) is 0.519. The monoisotopic (exact) mass is 910 g/mol. The van der Waals surface area contributed by atoms with Gasteiger partial charge in [0.1, 0.15) is 23.7 Å². The number of hydrogen-bond acceptors (Lipinski definition) is 12. The first-order valence-corrected chi connectivity index (χ1v) is 24.7. The SMILES string of the molecule is C=C[C@@H]1CN2CC[C@H]1C[C@H]2[C@H](OC(=O)CCCCn1cc(CCCCCCC(=O)O[C@H](c2ccnc3ccc(OC)cc23)[C@@H]2C[C@@H]3CCN2C[C@@H]3C=C)nn1)c1ccnc2ccc(OC)cc12. The Morgan fingerprint density at radius 2 is 1.22 bits per heavy atom. The molecular weight excluding hydrogens is 843 g/mol. The number of fused-ring (bicyclic) bond motifs is 8. The van der Waals surface area contributed by atoms with Crippen LogP contribution in [-0.2, 0) is 32.0 Å². The van der Waals surface area contributed by atoms with Crippen LogP contribution in [0.1, 0.15) is 106 Å². The Hall–Kier alpha value is -5.66. The zero-order chi connectivity index (χ0) is 46.3. The number of benzene rings is 2. The van der Waals surface area contributed by atoms with Gasteiger partial charge in [-0.15, -0.1) is 18.3 Å². The molecule has 13 nitrogen and oxygen atoms in total. The van der Waals surface area contributed by atoms with Gasteiger partial charge in [-0.25, -0.2) is 0 Å². The summed E-state index contributed by atoms with van der Waals surface area (Å²) in [4.78, 5) is 41.4. The van der Waals surface area contributed by atoms with Crippen LogP contribution in [-0.4, -0.2) is 99.2 Å². The van der Waals surface area contributed by atoms with E-state index in [1.165, 1.54) is 0 Å². The summed E-state index contributed by atoms with van der Waals surface area (Å²) in [6.07, 6.45) is 19.9. The molecule has 6 aliphatic heterocycles. The average molecular weight is 910 g/mol. The molecule has 0 radical (unpaired) electrons. The molecule has 0 saturated carbocycles. The van der Waals surface area contributed by atoms with Gasteiger partial charge in [0.25, 0.3) is 0 Å². The molecule has 2 aromatic carbocycles. The van der Waals surface area contributed by atoms with Gasteiger partial charge in [-0.1, -0.05) is 30.2 Å². The third-order valence-corrected chi connectivity index (χ3v) is 15.3. The summed E-state index contributed by atoms with van der Waals surface area (Å²) in [5, 5.41) is 10.7. The Morgan fingerprint density at radius 1 is 0.701 bits per heavy atom. The van der Waals surface area contributed by atoms with Gasteiger partial charge in [0.15, 0.2) is 0 Å². The van der Waals surface area contributed by atoms with Crippen LogP contribution in [0.4, 0.5) is 0 Å². The van der Waals surface area contributed by atoms with Crippen LogP contribution in [0.5, 0.6) is 11.5 Å². The summed E-state index contributed by atoms with van der Waals surface area (Å²) in [5.41, 5.74) is 4.64. The first-order valence-electron chi connectivity index (χ1n) is 24.7. The van der Waals surface area contributed by atoms with Gasteiger partial charge in [-0.2, -0.15) is 0 Å². The van der Waals surface area contributed by atoms with Crippen LogP contribution in [0.3, 0.4) is 0 Å². The van der Waals surface area contributed by atoms with Gasteiger partial charge in [-0.3, -0.25) is 34.0 Å². The Labute approximate surface area is 394 Å². The summed E-state index contributed by atoms with van der Waals surface area (Å²) < 4.78 is 26.0. The van der Waals surface area contributed by atoms with E-state index < -0.39 is 12.2 Å². The number of methoxy groups -OCH3 is 2. The Kier molecular flexibility index (Phi) is 14.9. The van der Waals surface area contributed by atoms with Crippen molar-refractivity contribution in [3.05, 3.63) is 109 Å². The number of aromatic nitrogens is 5. The molecule has 9 heterocycles. The number of aryl methyl sites for hydroxylation is 2. The minimum Gasteiger partial charge on any atom is -0.497 e. The molecule has 67 heavy (non-hydrogen) atoms. The number of hydrogen-bond donors (Lipinski definition) is 0. The Morgan fingerprint density at radius 3 is 1.72 bits per heavy atom. The van der Waals surface area contributed by atoms with Crippen molar-refractivity contribution in [1.29, 1.82) is 0 Å². The molecular formula is C54H67N7O6. The highest BCUT2D eigenvalue weighted by Gasteiger charge is 2.46. The summed E-state index contributed by atoms with van der Waals surface area (Å²) >= 11 is 0. The quantitative estimate of drug-likeness (QED) is 0.0372. The van der Waals surface area contributed by atoms with E-state index in [0.29, 0.717) is 49.5 Å². The number of carbonyl (C=O) groups is 2. The highest BCUT2D eigenvalue weighted by Crippen LogP contribution is 2.45. The molecule has 2 unspecified atom stereocenters. The van der Waals surface area contributed by atoms with E-state index in [0.717, 1.165) is 141 Å². The number of ether oxygens (including phenoxy) is 4. The molecule has 3 aromatic heterocycles. The van der Waals surface area contributed by atoms with Gasteiger partial charge in [0.2, 0.25) is 0 Å². The molecule has 6 saturated heterocycles. The van der Waals surface area contributed by atoms with Gasteiger partial charge in [-0.05, 0) is 143 Å². The maximum absolute atomic E-state index is 13.6. The number of rotatable bonds is 22. The molecule has 10 atom stereocenters. The van der Waals surface area contributed by atoms with Crippen molar-refractivity contribution in [1.82, 2.24) is 34.8 Å². The van der Waals surface area contributed by atoms with Crippen LogP contribution in [0.15, 0.2) is 92.4 Å². The second kappa shape index (κ2) is 21.5. The Balaban J connectivity index is 0.728. The number of pyridine rings is 2. The molecule has 6 aliphatic rings. The molecule has 13 heteroatoms. The van der Waals surface area contributed by atoms with Gasteiger partial charge < -0.3 is 18.9 Å². The van der Waals surface area contributed by atoms with Crippen molar-refractivity contribution in [2.45, 2.75) is 114 Å². The largest absolute Gasteiger partial charge is 0.497 e. The predicted molar refractivity (Wildman–Crippen MR) is 258 cm³/mol. The fourth-order valence-corrected chi connectivity index (χ4v) is 11.6. The smallest absolute Gasteiger partial charge is 0.306 e. The lowest BCUT2D eigenvalue weighted by Crippen LogP contribution is -2.55. The summed E-state index contributed by atoms with van der Waals surface area (Å²) in [7, 11) is 3.33. The zero-order valence-electron chi connectivity index (χ0n) is 39.3. The maximum Gasteiger partial charge on any atom is 0.306 e. The standard InChI is InChI=1S/C54H67N7O6/c1-5-36-33-59-27-22-38(36)29-49(59)53(43-20-24-55-47-18-16-41(64-3)31-45(43)47)66-51(62)14-10-8-7-9-13-40-35-61(58-57-40)26-12-11-15-52(63)67-54(50-30-39-23-28-60(50)34-37(39)6-2)44-21-25-56-48-19-17-42(65-4)32-46(44)48/h5-6,16-21,24-25,31-32,35-39,49-50,53-54H,1-2,7-15,22-23,26-30,33-34H2,3-4H3/t36-,37+,38-,39-,49-,50-,53+,54+/m0/s1. The normalized spacial score (nSPS) is 25.1. The van der Waals surface area contributed by atoms with Gasteiger partial charge >= 0.3 is 11.9 Å². The molecule has 0 aliphatic carbocycles. The summed E-state index contributed by atoms with van der Waals surface area (Å²) in [6, 6.07) is 16.0. The van der Waals surface area contributed by atoms with Crippen molar-refractivity contribution >= 4 is 33.7 Å². The molecule has 0 amide bonds. The number of esters is 2. The van der Waals surface area contributed by atoms with Gasteiger partial charge in [0.05, 0.1) is 43.0 Å². The highest BCUT2D eigenvalue weighted by molar-refractivity contribution is 5.85. The van der Waals surface area contributed by atoms with Crippen molar-refractivity contribution in [2.75, 3.05) is 40.4 Å². The average Bonchev–Trinajstić information content (AvgIpc) is 3.84. The second-order valence-corrected chi connectivity index (χ2v) is 19.2. The maximum atomic E-state index is 13.6. The van der Waals surface area contributed by atoms with Crippen molar-refractivity contribution in [3.63, 3.8) is 0 Å². The van der Waals surface area contributed by atoms with E-state index >= 15 is 0 Å². The molecule has 0 spiro atoms. The molecule has 0 N–H and O–H groups in total. The zero-order valence-corrected chi connectivity index (χ0v) is 39.3. The van der Waals surface area contributed by atoms with Crippen LogP contribution >= 0.6 is 0 Å². The summed E-state index contributed by atoms with van der Waals surface area (Å²) in [6.45, 7) is 12.8. The molecule has 5 aromatic rings. The first-order chi connectivity index (χ1) is 32.8. The highest BCUT2D eigenvalue weighted by atomic mass is 16.5. The number of nitrogens with zero attached hydrogens (tertiary/aromatic N) is 7. The second-order valence-electron chi connectivity index (χ2n) is 19.2. The molecule has 11 rings (SSSR count). The number of carbonyl (C=O) groups excluding carboxylic acids is 2. The van der Waals surface area contributed by atoms with Crippen LogP contribution in [0.25, 0.3) is 21.8 Å².